The zero-order chi connectivity index (χ0) is 16.5. The standard InChI is InChI=1S/C16H34N2O3/c1-7-10-18(14(19)21-15(2,3)4)11-8-9-12-20-16(5,6)13-17/h7-13,17H2,1-6H3. The number of unbranched alkanes of at least 4 members (excludes halogenated alkanes) is 1. The van der Waals surface area contributed by atoms with E-state index in [1.807, 2.05) is 34.6 Å². The van der Waals surface area contributed by atoms with Gasteiger partial charge in [0.15, 0.2) is 0 Å². The van der Waals surface area contributed by atoms with E-state index in [2.05, 4.69) is 6.92 Å². The van der Waals surface area contributed by atoms with E-state index in [1.54, 1.807) is 4.90 Å². The van der Waals surface area contributed by atoms with Crippen LogP contribution in [0.2, 0.25) is 0 Å². The van der Waals surface area contributed by atoms with Crippen LogP contribution in [-0.4, -0.2) is 48.4 Å². The highest BCUT2D eigenvalue weighted by Crippen LogP contribution is 2.12. The smallest absolute Gasteiger partial charge is 0.410 e. The second-order valence-corrected chi connectivity index (χ2v) is 6.99. The molecule has 21 heavy (non-hydrogen) atoms. The lowest BCUT2D eigenvalue weighted by Crippen LogP contribution is -2.38. The molecule has 0 saturated heterocycles. The first-order valence-electron chi connectivity index (χ1n) is 7.93. The third kappa shape index (κ3) is 10.5. The third-order valence-electron chi connectivity index (χ3n) is 2.95. The second-order valence-electron chi connectivity index (χ2n) is 6.99. The molecule has 5 heteroatoms. The molecule has 0 bridgehead atoms. The van der Waals surface area contributed by atoms with Crippen molar-refractivity contribution in [3.63, 3.8) is 0 Å². The summed E-state index contributed by atoms with van der Waals surface area (Å²) >= 11 is 0. The van der Waals surface area contributed by atoms with Crippen molar-refractivity contribution in [1.82, 2.24) is 4.90 Å². The predicted molar refractivity (Wildman–Crippen MR) is 86.4 cm³/mol. The van der Waals surface area contributed by atoms with Gasteiger partial charge in [-0.05, 0) is 53.9 Å². The van der Waals surface area contributed by atoms with Gasteiger partial charge in [-0.1, -0.05) is 6.92 Å². The van der Waals surface area contributed by atoms with Gasteiger partial charge in [-0.15, -0.1) is 0 Å². The highest BCUT2D eigenvalue weighted by Gasteiger charge is 2.21. The first-order valence-corrected chi connectivity index (χ1v) is 7.93. The lowest BCUT2D eigenvalue weighted by molar-refractivity contribution is -0.0135. The molecular formula is C16H34N2O3. The fourth-order valence-electron chi connectivity index (χ4n) is 1.70. The molecule has 0 aromatic heterocycles. The molecule has 0 saturated carbocycles. The van der Waals surface area contributed by atoms with Crippen LogP contribution in [0.5, 0.6) is 0 Å². The molecule has 126 valence electrons. The van der Waals surface area contributed by atoms with Crippen LogP contribution in [0.4, 0.5) is 4.79 Å². The van der Waals surface area contributed by atoms with E-state index >= 15 is 0 Å². The average molecular weight is 302 g/mol. The largest absolute Gasteiger partial charge is 0.444 e. The van der Waals surface area contributed by atoms with Gasteiger partial charge >= 0.3 is 6.09 Å². The van der Waals surface area contributed by atoms with Crippen molar-refractivity contribution in [2.24, 2.45) is 5.73 Å². The van der Waals surface area contributed by atoms with Crippen molar-refractivity contribution < 1.29 is 14.3 Å². The van der Waals surface area contributed by atoms with E-state index in [4.69, 9.17) is 15.2 Å². The highest BCUT2D eigenvalue weighted by atomic mass is 16.6. The van der Waals surface area contributed by atoms with E-state index in [0.717, 1.165) is 25.8 Å². The Balaban J connectivity index is 4.08. The number of carbonyl (C=O) groups excluding carboxylic acids is 1. The summed E-state index contributed by atoms with van der Waals surface area (Å²) in [6.45, 7) is 14.3. The lowest BCUT2D eigenvalue weighted by atomic mass is 10.1. The van der Waals surface area contributed by atoms with Gasteiger partial charge in [0.25, 0.3) is 0 Å². The summed E-state index contributed by atoms with van der Waals surface area (Å²) in [5.74, 6) is 0. The van der Waals surface area contributed by atoms with Crippen LogP contribution in [0.15, 0.2) is 0 Å². The molecule has 2 N–H and O–H groups in total. The Morgan fingerprint density at radius 1 is 1.10 bits per heavy atom. The summed E-state index contributed by atoms with van der Waals surface area (Å²) in [6, 6.07) is 0. The minimum absolute atomic E-state index is 0.229. The SMILES string of the molecule is CCCN(CCCCOC(C)(C)CN)C(=O)OC(C)(C)C. The summed E-state index contributed by atoms with van der Waals surface area (Å²) in [7, 11) is 0. The summed E-state index contributed by atoms with van der Waals surface area (Å²) in [4.78, 5) is 13.9. The number of hydrogen-bond donors (Lipinski definition) is 1. The number of carbonyl (C=O) groups is 1. The first-order chi connectivity index (χ1) is 9.61. The quantitative estimate of drug-likeness (QED) is 0.664. The molecule has 5 nitrogen and oxygen atoms in total. The van der Waals surface area contributed by atoms with Gasteiger partial charge in [-0.25, -0.2) is 4.79 Å². The van der Waals surface area contributed by atoms with Crippen LogP contribution in [0.3, 0.4) is 0 Å². The Bertz CT molecular complexity index is 298. The van der Waals surface area contributed by atoms with Gasteiger partial charge in [0.05, 0.1) is 5.60 Å². The number of hydrogen-bond acceptors (Lipinski definition) is 4. The van der Waals surface area contributed by atoms with Crippen LogP contribution < -0.4 is 5.73 Å². The Hall–Kier alpha value is -0.810. The highest BCUT2D eigenvalue weighted by molar-refractivity contribution is 5.68. The lowest BCUT2D eigenvalue weighted by Gasteiger charge is -2.27. The number of ether oxygens (including phenoxy) is 2. The molecule has 0 heterocycles. The average Bonchev–Trinajstić information content (AvgIpc) is 2.35. The van der Waals surface area contributed by atoms with Crippen LogP contribution >= 0.6 is 0 Å². The first kappa shape index (κ1) is 20.2. The minimum atomic E-state index is -0.447. The van der Waals surface area contributed by atoms with Crippen molar-refractivity contribution >= 4 is 6.09 Å². The van der Waals surface area contributed by atoms with Gasteiger partial charge in [-0.2, -0.15) is 0 Å². The van der Waals surface area contributed by atoms with Crippen molar-refractivity contribution in [2.75, 3.05) is 26.2 Å². The predicted octanol–water partition coefficient (Wildman–Crippen LogP) is 3.17. The van der Waals surface area contributed by atoms with Crippen molar-refractivity contribution in [1.29, 1.82) is 0 Å². The molecule has 0 aliphatic rings. The zero-order valence-electron chi connectivity index (χ0n) is 14.7. The van der Waals surface area contributed by atoms with Gasteiger partial charge in [0.2, 0.25) is 0 Å². The number of rotatable bonds is 9. The zero-order valence-corrected chi connectivity index (χ0v) is 14.7. The van der Waals surface area contributed by atoms with Crippen LogP contribution in [-0.2, 0) is 9.47 Å². The normalized spacial score (nSPS) is 12.3. The Morgan fingerprint density at radius 3 is 2.19 bits per heavy atom. The summed E-state index contributed by atoms with van der Waals surface area (Å²) in [5, 5.41) is 0. The van der Waals surface area contributed by atoms with Gasteiger partial charge in [-0.3, -0.25) is 0 Å². The molecule has 0 rings (SSSR count). The molecule has 1 amide bonds. The molecule has 0 unspecified atom stereocenters. The molecule has 0 aliphatic carbocycles. The van der Waals surface area contributed by atoms with Gasteiger partial charge < -0.3 is 20.1 Å². The molecule has 0 aromatic carbocycles. The number of nitrogens with zero attached hydrogens (tertiary/aromatic N) is 1. The number of nitrogens with two attached hydrogens (primary N) is 1. The van der Waals surface area contributed by atoms with E-state index in [1.165, 1.54) is 0 Å². The molecule has 0 spiro atoms. The van der Waals surface area contributed by atoms with Crippen molar-refractivity contribution in [3.8, 4) is 0 Å². The Morgan fingerprint density at radius 2 is 1.71 bits per heavy atom. The Labute approximate surface area is 130 Å². The molecule has 0 fully saturated rings. The fraction of sp³-hybridized carbons (Fsp3) is 0.938. The van der Waals surface area contributed by atoms with E-state index in [0.29, 0.717) is 19.7 Å². The van der Waals surface area contributed by atoms with Gasteiger partial charge in [0, 0.05) is 26.2 Å². The molecule has 0 radical (unpaired) electrons. The van der Waals surface area contributed by atoms with Crippen LogP contribution in [0.1, 0.15) is 60.8 Å². The second kappa shape index (κ2) is 9.26. The minimum Gasteiger partial charge on any atom is -0.444 e. The molecule has 0 aromatic rings. The molecular weight excluding hydrogens is 268 g/mol. The van der Waals surface area contributed by atoms with E-state index in [-0.39, 0.29) is 11.7 Å². The van der Waals surface area contributed by atoms with Gasteiger partial charge in [0.1, 0.15) is 5.60 Å². The monoisotopic (exact) mass is 302 g/mol. The summed E-state index contributed by atoms with van der Waals surface area (Å²) in [6.07, 6.45) is 2.51. The topological polar surface area (TPSA) is 64.8 Å². The number of amides is 1. The summed E-state index contributed by atoms with van der Waals surface area (Å²) in [5.41, 5.74) is 4.90. The molecule has 0 aliphatic heterocycles. The maximum Gasteiger partial charge on any atom is 0.410 e. The Kier molecular flexibility index (Phi) is 8.90. The van der Waals surface area contributed by atoms with Crippen molar-refractivity contribution in [2.45, 2.75) is 72.0 Å². The van der Waals surface area contributed by atoms with Crippen LogP contribution in [0.25, 0.3) is 0 Å². The maximum atomic E-state index is 12.1. The van der Waals surface area contributed by atoms with Crippen LogP contribution in [0, 0.1) is 0 Å². The van der Waals surface area contributed by atoms with E-state index < -0.39 is 5.60 Å². The molecule has 0 atom stereocenters. The third-order valence-corrected chi connectivity index (χ3v) is 2.95. The van der Waals surface area contributed by atoms with E-state index in [9.17, 15) is 4.79 Å². The fourth-order valence-corrected chi connectivity index (χ4v) is 1.70. The summed E-state index contributed by atoms with van der Waals surface area (Å²) < 4.78 is 11.1. The maximum absolute atomic E-state index is 12.1. The van der Waals surface area contributed by atoms with Crippen molar-refractivity contribution in [3.05, 3.63) is 0 Å².